The zero-order valence-electron chi connectivity index (χ0n) is 11.9. The van der Waals surface area contributed by atoms with E-state index in [1.807, 2.05) is 4.90 Å². The Balaban J connectivity index is 1.98. The maximum absolute atomic E-state index is 12.3. The van der Waals surface area contributed by atoms with Crippen LogP contribution < -0.4 is 0 Å². The van der Waals surface area contributed by atoms with Crippen LogP contribution in [0.3, 0.4) is 0 Å². The highest BCUT2D eigenvalue weighted by atomic mass is 32.1. The third-order valence-corrected chi connectivity index (χ3v) is 4.27. The summed E-state index contributed by atoms with van der Waals surface area (Å²) in [5, 5.41) is 1.89. The smallest absolute Gasteiger partial charge is 0.367 e. The highest BCUT2D eigenvalue weighted by molar-refractivity contribution is 7.11. The Hall–Kier alpha value is -1.43. The van der Waals surface area contributed by atoms with Crippen LogP contribution in [0.1, 0.15) is 53.4 Å². The number of esters is 1. The Kier molecular flexibility index (Phi) is 5.11. The van der Waals surface area contributed by atoms with Gasteiger partial charge in [0, 0.05) is 18.5 Å². The van der Waals surface area contributed by atoms with Crippen LogP contribution in [0.2, 0.25) is 0 Å². The van der Waals surface area contributed by atoms with Crippen molar-refractivity contribution in [1.82, 2.24) is 9.88 Å². The number of aromatic nitrogens is 1. The van der Waals surface area contributed by atoms with Crippen molar-refractivity contribution in [3.8, 4) is 0 Å². The number of ether oxygens (including phenoxy) is 1. The first kappa shape index (κ1) is 15.0. The van der Waals surface area contributed by atoms with Crippen LogP contribution in [0, 0.1) is 5.92 Å². The van der Waals surface area contributed by atoms with Gasteiger partial charge in [0.25, 0.3) is 5.91 Å². The van der Waals surface area contributed by atoms with Gasteiger partial charge in [-0.2, -0.15) is 0 Å². The minimum Gasteiger partial charge on any atom is -0.461 e. The monoisotopic (exact) mass is 296 g/mol. The molecular weight excluding hydrogens is 276 g/mol. The minimum atomic E-state index is -0.457. The molecule has 0 saturated carbocycles. The Labute approximate surface area is 122 Å². The first-order chi connectivity index (χ1) is 9.65. The second-order valence-electron chi connectivity index (χ2n) is 4.95. The second-order valence-corrected chi connectivity index (χ2v) is 5.81. The van der Waals surface area contributed by atoms with Gasteiger partial charge in [0.05, 0.1) is 6.61 Å². The molecule has 1 aromatic heterocycles. The first-order valence-corrected chi connectivity index (χ1v) is 7.95. The molecule has 0 N–H and O–H groups in total. The molecule has 6 heteroatoms. The maximum Gasteiger partial charge on any atom is 0.367 e. The van der Waals surface area contributed by atoms with Crippen LogP contribution in [0.5, 0.6) is 0 Å². The lowest BCUT2D eigenvalue weighted by molar-refractivity contribution is 0.0526. The molecule has 1 fully saturated rings. The molecule has 1 saturated heterocycles. The summed E-state index contributed by atoms with van der Waals surface area (Å²) in [4.78, 5) is 29.8. The quantitative estimate of drug-likeness (QED) is 0.784. The van der Waals surface area contributed by atoms with Crippen molar-refractivity contribution in [2.75, 3.05) is 19.7 Å². The van der Waals surface area contributed by atoms with Gasteiger partial charge >= 0.3 is 5.97 Å². The van der Waals surface area contributed by atoms with Crippen molar-refractivity contribution >= 4 is 23.2 Å². The van der Waals surface area contributed by atoms with Gasteiger partial charge in [-0.05, 0) is 25.7 Å². The number of nitrogens with zero attached hydrogens (tertiary/aromatic N) is 2. The van der Waals surface area contributed by atoms with Gasteiger partial charge in [0.15, 0.2) is 0 Å². The van der Waals surface area contributed by atoms with Crippen molar-refractivity contribution in [1.29, 1.82) is 0 Å². The molecule has 0 spiro atoms. The number of hydrogen-bond donors (Lipinski definition) is 0. The van der Waals surface area contributed by atoms with Crippen molar-refractivity contribution in [3.63, 3.8) is 0 Å². The van der Waals surface area contributed by atoms with Gasteiger partial charge in [-0.1, -0.05) is 13.3 Å². The van der Waals surface area contributed by atoms with E-state index in [9.17, 15) is 9.59 Å². The molecule has 1 aliphatic rings. The van der Waals surface area contributed by atoms with E-state index in [4.69, 9.17) is 4.74 Å². The van der Waals surface area contributed by atoms with E-state index >= 15 is 0 Å². The summed E-state index contributed by atoms with van der Waals surface area (Å²) in [5.41, 5.74) is 0.357. The van der Waals surface area contributed by atoms with Crippen LogP contribution in [0.25, 0.3) is 0 Å². The summed E-state index contributed by atoms with van der Waals surface area (Å²) in [6.07, 6.45) is 3.37. The Morgan fingerprint density at radius 2 is 2.30 bits per heavy atom. The van der Waals surface area contributed by atoms with Crippen LogP contribution in [-0.2, 0) is 4.74 Å². The Bertz CT molecular complexity index is 487. The molecule has 2 heterocycles. The summed E-state index contributed by atoms with van der Waals surface area (Å²) >= 11 is 1.16. The van der Waals surface area contributed by atoms with Crippen LogP contribution in [0.15, 0.2) is 5.38 Å². The number of rotatable bonds is 5. The molecule has 0 aromatic carbocycles. The highest BCUT2D eigenvalue weighted by Gasteiger charge is 2.28. The average molecular weight is 296 g/mol. The summed E-state index contributed by atoms with van der Waals surface area (Å²) in [5.74, 6) is 0.0735. The number of hydrogen-bond acceptors (Lipinski definition) is 5. The Morgan fingerprint density at radius 1 is 1.50 bits per heavy atom. The fraction of sp³-hybridized carbons (Fsp3) is 0.643. The van der Waals surface area contributed by atoms with E-state index in [2.05, 4.69) is 11.9 Å². The summed E-state index contributed by atoms with van der Waals surface area (Å²) in [6, 6.07) is 0. The van der Waals surface area contributed by atoms with Crippen LogP contribution >= 0.6 is 11.3 Å². The molecule has 0 radical (unpaired) electrons. The van der Waals surface area contributed by atoms with E-state index in [-0.39, 0.29) is 10.9 Å². The van der Waals surface area contributed by atoms with E-state index < -0.39 is 5.97 Å². The molecule has 0 bridgehead atoms. The van der Waals surface area contributed by atoms with Gasteiger partial charge < -0.3 is 9.64 Å². The third kappa shape index (κ3) is 3.36. The van der Waals surface area contributed by atoms with E-state index in [1.165, 1.54) is 0 Å². The van der Waals surface area contributed by atoms with Gasteiger partial charge in [-0.25, -0.2) is 9.78 Å². The topological polar surface area (TPSA) is 59.5 Å². The summed E-state index contributed by atoms with van der Waals surface area (Å²) in [6.45, 7) is 5.81. The maximum atomic E-state index is 12.3. The zero-order chi connectivity index (χ0) is 14.5. The first-order valence-electron chi connectivity index (χ1n) is 7.07. The predicted molar refractivity (Wildman–Crippen MR) is 77.0 cm³/mol. The molecule has 5 nitrogen and oxygen atoms in total. The lowest BCUT2D eigenvalue weighted by atomic mass is 10.0. The lowest BCUT2D eigenvalue weighted by Gasteiger charge is -2.14. The summed E-state index contributed by atoms with van der Waals surface area (Å²) < 4.78 is 4.88. The molecule has 1 unspecified atom stereocenters. The molecule has 1 atom stereocenters. The fourth-order valence-corrected chi connectivity index (χ4v) is 3.16. The fourth-order valence-electron chi connectivity index (χ4n) is 2.48. The standard InChI is InChI=1S/C14H20N2O3S/c1-3-5-10-6-7-16(8-10)13(17)11-9-20-12(15-11)14(18)19-4-2/h9-10H,3-8H2,1-2H3. The zero-order valence-corrected chi connectivity index (χ0v) is 12.7. The van der Waals surface area contributed by atoms with E-state index in [0.717, 1.165) is 43.7 Å². The van der Waals surface area contributed by atoms with Crippen molar-refractivity contribution < 1.29 is 14.3 Å². The van der Waals surface area contributed by atoms with Gasteiger partial charge in [-0.3, -0.25) is 4.79 Å². The van der Waals surface area contributed by atoms with Gasteiger partial charge in [-0.15, -0.1) is 11.3 Å². The molecule has 20 heavy (non-hydrogen) atoms. The third-order valence-electron chi connectivity index (χ3n) is 3.44. The number of carbonyl (C=O) groups is 2. The molecular formula is C14H20N2O3S. The van der Waals surface area contributed by atoms with E-state index in [0.29, 0.717) is 18.2 Å². The number of amides is 1. The van der Waals surface area contributed by atoms with Gasteiger partial charge in [0.1, 0.15) is 5.69 Å². The van der Waals surface area contributed by atoms with Crippen molar-refractivity contribution in [3.05, 3.63) is 16.1 Å². The van der Waals surface area contributed by atoms with Gasteiger partial charge in [0.2, 0.25) is 5.01 Å². The van der Waals surface area contributed by atoms with Crippen molar-refractivity contribution in [2.24, 2.45) is 5.92 Å². The highest BCUT2D eigenvalue weighted by Crippen LogP contribution is 2.23. The number of thiazole rings is 1. The molecule has 110 valence electrons. The number of likely N-dealkylation sites (tertiary alicyclic amines) is 1. The minimum absolute atomic E-state index is 0.0737. The molecule has 1 amide bonds. The normalized spacial score (nSPS) is 18.3. The molecule has 0 aliphatic carbocycles. The summed E-state index contributed by atoms with van der Waals surface area (Å²) in [7, 11) is 0. The second kappa shape index (κ2) is 6.83. The van der Waals surface area contributed by atoms with Crippen molar-refractivity contribution in [2.45, 2.75) is 33.1 Å². The number of carbonyl (C=O) groups excluding carboxylic acids is 2. The van der Waals surface area contributed by atoms with Crippen LogP contribution in [0.4, 0.5) is 0 Å². The lowest BCUT2D eigenvalue weighted by Crippen LogP contribution is -2.29. The molecule has 1 aromatic rings. The molecule has 1 aliphatic heterocycles. The van der Waals surface area contributed by atoms with E-state index in [1.54, 1.807) is 12.3 Å². The Morgan fingerprint density at radius 3 is 3.00 bits per heavy atom. The average Bonchev–Trinajstić information content (AvgIpc) is 3.07. The SMILES string of the molecule is CCCC1CCN(C(=O)c2csc(C(=O)OCC)n2)C1. The molecule has 2 rings (SSSR count). The van der Waals surface area contributed by atoms with Crippen LogP contribution in [-0.4, -0.2) is 41.5 Å². The largest absolute Gasteiger partial charge is 0.461 e. The predicted octanol–water partition coefficient (Wildman–Crippen LogP) is 2.58.